The van der Waals surface area contributed by atoms with Crippen molar-refractivity contribution in [1.82, 2.24) is 0 Å². The molecule has 0 N–H and O–H groups in total. The molecule has 0 aromatic rings. The van der Waals surface area contributed by atoms with E-state index in [0.29, 0.717) is 6.61 Å². The molecule has 0 amide bonds. The molecule has 0 saturated heterocycles. The molecular weight excluding hydrogens is 244 g/mol. The summed E-state index contributed by atoms with van der Waals surface area (Å²) in [5.41, 5.74) is 3.09. The lowest BCUT2D eigenvalue weighted by Crippen LogP contribution is -2.43. The van der Waals surface area contributed by atoms with E-state index >= 15 is 0 Å². The minimum Gasteiger partial charge on any atom is -0.453 e. The van der Waals surface area contributed by atoms with Crippen molar-refractivity contribution in [3.05, 3.63) is 24.4 Å². The van der Waals surface area contributed by atoms with E-state index in [4.69, 9.17) is 8.85 Å². The van der Waals surface area contributed by atoms with Crippen molar-refractivity contribution in [2.45, 2.75) is 45.6 Å². The molecule has 0 heterocycles. The molecule has 0 rings (SSSR count). The molecule has 2 nitrogen and oxygen atoms in total. The molecule has 0 unspecified atom stereocenters. The first kappa shape index (κ1) is 16.8. The van der Waals surface area contributed by atoms with Crippen molar-refractivity contribution in [2.75, 3.05) is 13.2 Å². The molecule has 0 aliphatic rings. The average Bonchev–Trinajstić information content (AvgIpc) is 2.15. The van der Waals surface area contributed by atoms with E-state index in [-0.39, 0.29) is 0 Å². The van der Waals surface area contributed by atoms with Gasteiger partial charge in [0.05, 0.1) is 6.61 Å². The van der Waals surface area contributed by atoms with Crippen LogP contribution in [0.1, 0.15) is 13.3 Å². The van der Waals surface area contributed by atoms with Gasteiger partial charge in [-0.25, -0.2) is 0 Å². The van der Waals surface area contributed by atoms with Crippen LogP contribution in [0.2, 0.25) is 32.2 Å². The van der Waals surface area contributed by atoms with E-state index in [1.54, 1.807) is 0 Å². The van der Waals surface area contributed by atoms with Crippen molar-refractivity contribution in [1.29, 1.82) is 0 Å². The summed E-state index contributed by atoms with van der Waals surface area (Å²) in [6.07, 6.45) is 1.08. The second kappa shape index (κ2) is 7.31. The van der Waals surface area contributed by atoms with Crippen LogP contribution in [0.25, 0.3) is 0 Å². The Morgan fingerprint density at radius 1 is 1.24 bits per heavy atom. The van der Waals surface area contributed by atoms with Gasteiger partial charge in [0.2, 0.25) is 0 Å². The fourth-order valence-corrected chi connectivity index (χ4v) is 9.09. The fourth-order valence-electron chi connectivity index (χ4n) is 1.65. The van der Waals surface area contributed by atoms with Gasteiger partial charge in [-0.05, 0) is 45.6 Å². The van der Waals surface area contributed by atoms with Gasteiger partial charge in [0.1, 0.15) is 0 Å². The lowest BCUT2D eigenvalue weighted by molar-refractivity contribution is 0.156. The predicted octanol–water partition coefficient (Wildman–Crippen LogP) is 4.12. The molecule has 0 aliphatic heterocycles. The maximum Gasteiger partial charge on any atom is 0.197 e. The largest absolute Gasteiger partial charge is 0.453 e. The minimum atomic E-state index is -1.63. The summed E-state index contributed by atoms with van der Waals surface area (Å²) in [6.45, 7) is 20.1. The zero-order valence-electron chi connectivity index (χ0n) is 12.1. The van der Waals surface area contributed by atoms with Crippen LogP contribution in [0.15, 0.2) is 24.4 Å². The predicted molar refractivity (Wildman–Crippen MR) is 81.3 cm³/mol. The topological polar surface area (TPSA) is 18.5 Å². The van der Waals surface area contributed by atoms with Crippen LogP contribution in [0.3, 0.4) is 0 Å². The van der Waals surface area contributed by atoms with Gasteiger partial charge in [-0.2, -0.15) is 0 Å². The normalized spacial score (nSPS) is 12.5. The lowest BCUT2D eigenvalue weighted by atomic mass is 10.4. The Hall–Kier alpha value is -0.166. The maximum atomic E-state index is 6.29. The van der Waals surface area contributed by atoms with Crippen LogP contribution in [0.4, 0.5) is 0 Å². The maximum absolute atomic E-state index is 6.29. The highest BCUT2D eigenvalue weighted by atomic mass is 28.4. The second-order valence-corrected chi connectivity index (χ2v) is 14.2. The summed E-state index contributed by atoms with van der Waals surface area (Å²) in [5, 5.41) is 0. The van der Waals surface area contributed by atoms with Crippen LogP contribution >= 0.6 is 0 Å². The van der Waals surface area contributed by atoms with Crippen LogP contribution in [0.5, 0.6) is 0 Å². The van der Waals surface area contributed by atoms with Gasteiger partial charge >= 0.3 is 0 Å². The molecule has 0 aliphatic carbocycles. The lowest BCUT2D eigenvalue weighted by Gasteiger charge is -2.31. The monoisotopic (exact) mass is 272 g/mol. The van der Waals surface area contributed by atoms with Crippen LogP contribution < -0.4 is 0 Å². The number of ether oxygens (including phenoxy) is 1. The summed E-state index contributed by atoms with van der Waals surface area (Å²) in [7, 11) is -3.18. The second-order valence-electron chi connectivity index (χ2n) is 5.78. The Morgan fingerprint density at radius 2 is 1.82 bits per heavy atom. The van der Waals surface area contributed by atoms with Gasteiger partial charge in [-0.15, -0.1) is 6.58 Å². The number of hydrogen-bond acceptors (Lipinski definition) is 2. The summed E-state index contributed by atoms with van der Waals surface area (Å²) < 4.78 is 11.8. The zero-order chi connectivity index (χ0) is 13.5. The Labute approximate surface area is 109 Å². The molecule has 0 aromatic carbocycles. The Balaban J connectivity index is 3.86. The van der Waals surface area contributed by atoms with Gasteiger partial charge in [-0.1, -0.05) is 17.9 Å². The summed E-state index contributed by atoms with van der Waals surface area (Å²) in [5.74, 6) is 0. The quantitative estimate of drug-likeness (QED) is 0.357. The van der Waals surface area contributed by atoms with Crippen molar-refractivity contribution >= 4 is 16.6 Å². The first-order valence-corrected chi connectivity index (χ1v) is 12.3. The molecule has 0 bridgehead atoms. The third kappa shape index (κ3) is 9.53. The highest BCUT2D eigenvalue weighted by molar-refractivity contribution is 6.87. The van der Waals surface area contributed by atoms with E-state index in [1.807, 2.05) is 12.6 Å². The van der Waals surface area contributed by atoms with Gasteiger partial charge in [0, 0.05) is 6.61 Å². The molecule has 0 saturated carbocycles. The van der Waals surface area contributed by atoms with Crippen molar-refractivity contribution in [3.8, 4) is 0 Å². The molecule has 0 atom stereocenters. The first-order valence-electron chi connectivity index (χ1n) is 6.24. The Morgan fingerprint density at radius 3 is 2.29 bits per heavy atom. The van der Waals surface area contributed by atoms with Crippen molar-refractivity contribution < 1.29 is 8.85 Å². The van der Waals surface area contributed by atoms with Crippen LogP contribution in [0, 0.1) is 0 Å². The van der Waals surface area contributed by atoms with E-state index in [0.717, 1.165) is 24.6 Å². The number of rotatable bonds is 9. The Bertz CT molecular complexity index is 260. The van der Waals surface area contributed by atoms with Crippen molar-refractivity contribution in [2.24, 2.45) is 0 Å². The fraction of sp³-hybridized carbons (Fsp3) is 0.692. The summed E-state index contributed by atoms with van der Waals surface area (Å²) in [6, 6.07) is 1.15. The highest BCUT2D eigenvalue weighted by Gasteiger charge is 2.30. The zero-order valence-corrected chi connectivity index (χ0v) is 14.1. The van der Waals surface area contributed by atoms with E-state index in [9.17, 15) is 0 Å². The van der Waals surface area contributed by atoms with Gasteiger partial charge in [-0.3, -0.25) is 0 Å². The van der Waals surface area contributed by atoms with Gasteiger partial charge in [0.25, 0.3) is 0 Å². The average molecular weight is 273 g/mol. The summed E-state index contributed by atoms with van der Waals surface area (Å²) in [4.78, 5) is 0. The van der Waals surface area contributed by atoms with E-state index in [1.165, 1.54) is 0 Å². The highest BCUT2D eigenvalue weighted by Crippen LogP contribution is 2.20. The number of hydrogen-bond donors (Lipinski definition) is 0. The minimum absolute atomic E-state index is 0.676. The van der Waals surface area contributed by atoms with Crippen molar-refractivity contribution in [3.63, 3.8) is 0 Å². The van der Waals surface area contributed by atoms with Gasteiger partial charge in [0.15, 0.2) is 16.6 Å². The smallest absolute Gasteiger partial charge is 0.197 e. The molecule has 17 heavy (non-hydrogen) atoms. The molecular formula is C13H28O2Si2. The third-order valence-electron chi connectivity index (χ3n) is 2.45. The molecule has 100 valence electrons. The molecule has 0 aromatic heterocycles. The van der Waals surface area contributed by atoms with Crippen LogP contribution in [-0.4, -0.2) is 29.8 Å². The van der Waals surface area contributed by atoms with E-state index < -0.39 is 16.6 Å². The first-order chi connectivity index (χ1) is 7.68. The van der Waals surface area contributed by atoms with Gasteiger partial charge < -0.3 is 8.85 Å². The van der Waals surface area contributed by atoms with E-state index in [2.05, 4.69) is 39.3 Å². The molecule has 4 heteroatoms. The Kier molecular flexibility index (Phi) is 7.24. The standard InChI is InChI=1S/C13H28O2Si2/c1-8-16(4,5)15-17(6,7)11-9-10-14-12-13(2)3/h8H,1-2,9-12H2,3-7H3. The third-order valence-corrected chi connectivity index (χ3v) is 9.30. The molecule has 0 fully saturated rings. The SMILES string of the molecule is C=C[Si](C)(C)O[Si](C)(C)CCCOCC(=C)C. The summed E-state index contributed by atoms with van der Waals surface area (Å²) >= 11 is 0. The van der Waals surface area contributed by atoms with Crippen LogP contribution in [-0.2, 0) is 8.85 Å². The molecule has 0 radical (unpaired) electrons. The molecule has 0 spiro atoms.